The average Bonchev–Trinajstić information content (AvgIpc) is 3.14. The fraction of sp³-hybridized carbons (Fsp3) is 0.684. The maximum Gasteiger partial charge on any atom is 0.326 e. The van der Waals surface area contributed by atoms with Crippen LogP contribution in [0.15, 0.2) is 0 Å². The number of nitrogens with zero attached hydrogens (tertiary/aromatic N) is 1. The zero-order chi connectivity index (χ0) is 24.6. The number of nitrogens with two attached hydrogens (primary N) is 3. The van der Waals surface area contributed by atoms with Crippen molar-refractivity contribution in [1.82, 2.24) is 15.5 Å². The third kappa shape index (κ3) is 8.13. The number of rotatable bonds is 12. The number of carboxylic acids is 1. The Kier molecular flexibility index (Phi) is 10.0. The fourth-order valence-corrected chi connectivity index (χ4v) is 3.45. The quantitative estimate of drug-likeness (QED) is 0.179. The van der Waals surface area contributed by atoms with Crippen molar-refractivity contribution in [2.45, 2.75) is 70.1 Å². The number of carbonyl (C=O) groups excluding carboxylic acids is 5. The van der Waals surface area contributed by atoms with Crippen LogP contribution in [0.3, 0.4) is 0 Å². The van der Waals surface area contributed by atoms with Gasteiger partial charge in [0, 0.05) is 6.54 Å². The lowest BCUT2D eigenvalue weighted by atomic mass is 10.0. The highest BCUT2D eigenvalue weighted by Crippen LogP contribution is 2.21. The number of primary amides is 2. The van der Waals surface area contributed by atoms with Crippen LogP contribution in [0.25, 0.3) is 0 Å². The van der Waals surface area contributed by atoms with E-state index in [1.807, 2.05) is 13.8 Å². The third-order valence-corrected chi connectivity index (χ3v) is 4.94. The third-order valence-electron chi connectivity index (χ3n) is 4.94. The van der Waals surface area contributed by atoms with Gasteiger partial charge in [-0.25, -0.2) is 4.79 Å². The van der Waals surface area contributed by atoms with E-state index in [0.29, 0.717) is 6.42 Å². The molecule has 13 nitrogen and oxygen atoms in total. The maximum atomic E-state index is 13.2. The van der Waals surface area contributed by atoms with E-state index < -0.39 is 66.1 Å². The molecule has 0 spiro atoms. The molecule has 0 bridgehead atoms. The zero-order valence-electron chi connectivity index (χ0n) is 18.2. The molecule has 0 saturated carbocycles. The summed E-state index contributed by atoms with van der Waals surface area (Å²) in [5, 5.41) is 14.0. The van der Waals surface area contributed by atoms with Crippen LogP contribution in [-0.4, -0.2) is 76.2 Å². The number of nitrogens with one attached hydrogen (secondary N) is 2. The van der Waals surface area contributed by atoms with Gasteiger partial charge in [0.15, 0.2) is 0 Å². The molecule has 1 heterocycles. The summed E-state index contributed by atoms with van der Waals surface area (Å²) in [6.07, 6.45) is 0.0359. The SMILES string of the molecule is CC(C)CC(NC(=O)C(N)CC(N)=O)C(=O)N1CCCC1C(=O)NC(CC(N)=O)C(=O)O. The zero-order valence-corrected chi connectivity index (χ0v) is 18.2. The van der Waals surface area contributed by atoms with E-state index in [4.69, 9.17) is 17.2 Å². The van der Waals surface area contributed by atoms with Gasteiger partial charge in [0.1, 0.15) is 18.1 Å². The second-order valence-electron chi connectivity index (χ2n) is 8.23. The number of likely N-dealkylation sites (tertiary alicyclic amines) is 1. The Balaban J connectivity index is 2.96. The Labute approximate surface area is 185 Å². The van der Waals surface area contributed by atoms with Gasteiger partial charge in [-0.15, -0.1) is 0 Å². The Hall–Kier alpha value is -3.22. The number of carbonyl (C=O) groups is 6. The summed E-state index contributed by atoms with van der Waals surface area (Å²) >= 11 is 0. The smallest absolute Gasteiger partial charge is 0.326 e. The fourth-order valence-electron chi connectivity index (χ4n) is 3.45. The van der Waals surface area contributed by atoms with E-state index in [2.05, 4.69) is 10.6 Å². The highest BCUT2D eigenvalue weighted by Gasteiger charge is 2.39. The molecule has 4 atom stereocenters. The number of amides is 5. The first kappa shape index (κ1) is 26.8. The minimum atomic E-state index is -1.52. The van der Waals surface area contributed by atoms with E-state index in [1.54, 1.807) is 0 Å². The largest absolute Gasteiger partial charge is 0.480 e. The van der Waals surface area contributed by atoms with Gasteiger partial charge in [0.2, 0.25) is 29.5 Å². The summed E-state index contributed by atoms with van der Waals surface area (Å²) in [6.45, 7) is 3.90. The lowest BCUT2D eigenvalue weighted by molar-refractivity contribution is -0.146. The molecule has 180 valence electrons. The molecular formula is C19H32N6O7. The first-order chi connectivity index (χ1) is 14.8. The van der Waals surface area contributed by atoms with Gasteiger partial charge in [-0.3, -0.25) is 24.0 Å². The van der Waals surface area contributed by atoms with Gasteiger partial charge < -0.3 is 37.8 Å². The van der Waals surface area contributed by atoms with Crippen molar-refractivity contribution >= 4 is 35.5 Å². The average molecular weight is 457 g/mol. The van der Waals surface area contributed by atoms with Crippen LogP contribution in [0.5, 0.6) is 0 Å². The molecule has 0 aromatic heterocycles. The van der Waals surface area contributed by atoms with Crippen molar-refractivity contribution in [2.75, 3.05) is 6.54 Å². The van der Waals surface area contributed by atoms with Gasteiger partial charge >= 0.3 is 5.97 Å². The summed E-state index contributed by atoms with van der Waals surface area (Å²) in [7, 11) is 0. The van der Waals surface area contributed by atoms with Gasteiger partial charge in [-0.1, -0.05) is 13.8 Å². The molecule has 32 heavy (non-hydrogen) atoms. The van der Waals surface area contributed by atoms with Crippen LogP contribution in [0.4, 0.5) is 0 Å². The highest BCUT2D eigenvalue weighted by atomic mass is 16.4. The lowest BCUT2D eigenvalue weighted by Crippen LogP contribution is -2.57. The molecule has 1 aliphatic rings. The molecule has 0 radical (unpaired) electrons. The van der Waals surface area contributed by atoms with Crippen LogP contribution in [-0.2, 0) is 28.8 Å². The van der Waals surface area contributed by atoms with E-state index in [0.717, 1.165) is 0 Å². The number of carboxylic acid groups (broad SMARTS) is 1. The second-order valence-corrected chi connectivity index (χ2v) is 8.23. The standard InChI is InChI=1S/C19H32N6O7/c1-9(2)6-11(23-16(28)10(20)7-14(21)26)18(30)25-5-3-4-13(25)17(29)24-12(19(31)32)8-15(22)27/h9-13H,3-8,20H2,1-2H3,(H2,21,26)(H2,22,27)(H,23,28)(H,24,29)(H,31,32). The van der Waals surface area contributed by atoms with Crippen molar-refractivity contribution in [3.8, 4) is 0 Å². The number of hydrogen-bond donors (Lipinski definition) is 6. The summed E-state index contributed by atoms with van der Waals surface area (Å²) in [5.74, 6) is -5.08. The molecular weight excluding hydrogens is 424 g/mol. The van der Waals surface area contributed by atoms with Gasteiger partial charge in [-0.2, -0.15) is 0 Å². The molecule has 0 aliphatic carbocycles. The summed E-state index contributed by atoms with van der Waals surface area (Å²) in [5.41, 5.74) is 15.7. The maximum absolute atomic E-state index is 13.2. The van der Waals surface area contributed by atoms with E-state index in [9.17, 15) is 33.9 Å². The van der Waals surface area contributed by atoms with E-state index in [1.165, 1.54) is 4.90 Å². The van der Waals surface area contributed by atoms with Crippen LogP contribution in [0.2, 0.25) is 0 Å². The number of hydrogen-bond acceptors (Lipinski definition) is 7. The minimum Gasteiger partial charge on any atom is -0.480 e. The number of aliphatic carboxylic acids is 1. The first-order valence-corrected chi connectivity index (χ1v) is 10.3. The van der Waals surface area contributed by atoms with Crippen molar-refractivity contribution in [3.63, 3.8) is 0 Å². The molecule has 1 saturated heterocycles. The van der Waals surface area contributed by atoms with Crippen molar-refractivity contribution < 1.29 is 33.9 Å². The van der Waals surface area contributed by atoms with Gasteiger partial charge in [0.25, 0.3) is 0 Å². The normalized spacial score (nSPS) is 18.5. The predicted molar refractivity (Wildman–Crippen MR) is 111 cm³/mol. The Morgan fingerprint density at radius 2 is 1.59 bits per heavy atom. The lowest BCUT2D eigenvalue weighted by Gasteiger charge is -2.30. The summed E-state index contributed by atoms with van der Waals surface area (Å²) < 4.78 is 0. The second kappa shape index (κ2) is 12.0. The molecule has 0 aromatic rings. The summed E-state index contributed by atoms with van der Waals surface area (Å²) in [6, 6.07) is -4.72. The molecule has 13 heteroatoms. The topological polar surface area (TPSA) is 228 Å². The van der Waals surface area contributed by atoms with E-state index >= 15 is 0 Å². The van der Waals surface area contributed by atoms with Crippen LogP contribution >= 0.6 is 0 Å². The first-order valence-electron chi connectivity index (χ1n) is 10.3. The predicted octanol–water partition coefficient (Wildman–Crippen LogP) is -2.84. The molecule has 9 N–H and O–H groups in total. The summed E-state index contributed by atoms with van der Waals surface area (Å²) in [4.78, 5) is 72.8. The minimum absolute atomic E-state index is 0.00143. The monoisotopic (exact) mass is 456 g/mol. The molecule has 4 unspecified atom stereocenters. The van der Waals surface area contributed by atoms with Crippen molar-refractivity contribution in [1.29, 1.82) is 0 Å². The van der Waals surface area contributed by atoms with Gasteiger partial charge in [-0.05, 0) is 25.2 Å². The Morgan fingerprint density at radius 3 is 2.09 bits per heavy atom. The van der Waals surface area contributed by atoms with E-state index in [-0.39, 0.29) is 31.7 Å². The van der Waals surface area contributed by atoms with Gasteiger partial charge in [0.05, 0.1) is 18.9 Å². The van der Waals surface area contributed by atoms with Crippen molar-refractivity contribution in [2.24, 2.45) is 23.1 Å². The highest BCUT2D eigenvalue weighted by molar-refractivity contribution is 5.96. The molecule has 5 amide bonds. The molecule has 1 fully saturated rings. The molecule has 1 aliphatic heterocycles. The van der Waals surface area contributed by atoms with Crippen LogP contribution in [0.1, 0.15) is 46.0 Å². The molecule has 0 aromatic carbocycles. The van der Waals surface area contributed by atoms with Crippen LogP contribution < -0.4 is 27.8 Å². The van der Waals surface area contributed by atoms with Crippen LogP contribution in [0, 0.1) is 5.92 Å². The Morgan fingerprint density at radius 1 is 1.00 bits per heavy atom. The molecule has 1 rings (SSSR count). The Bertz CT molecular complexity index is 756. The van der Waals surface area contributed by atoms with Crippen molar-refractivity contribution in [3.05, 3.63) is 0 Å².